The molecule has 1 rings (SSSR count). The van der Waals surface area contributed by atoms with Gasteiger partial charge in [0.25, 0.3) is 0 Å². The van der Waals surface area contributed by atoms with Crippen LogP contribution in [0.4, 0.5) is 11.6 Å². The molecule has 0 bridgehead atoms. The van der Waals surface area contributed by atoms with Gasteiger partial charge in [-0.1, -0.05) is 11.8 Å². The summed E-state index contributed by atoms with van der Waals surface area (Å²) in [5.41, 5.74) is 4.95. The van der Waals surface area contributed by atoms with Gasteiger partial charge in [-0.15, -0.1) is 0 Å². The van der Waals surface area contributed by atoms with E-state index in [9.17, 15) is 4.79 Å². The average molecular weight is 271 g/mol. The van der Waals surface area contributed by atoms with Crippen LogP contribution in [0, 0.1) is 0 Å². The van der Waals surface area contributed by atoms with Crippen molar-refractivity contribution in [1.29, 1.82) is 0 Å². The van der Waals surface area contributed by atoms with Crippen LogP contribution in [0.2, 0.25) is 0 Å². The molecule has 7 nitrogen and oxygen atoms in total. The minimum absolute atomic E-state index is 0.0662. The zero-order valence-electron chi connectivity index (χ0n) is 10.4. The molecule has 18 heavy (non-hydrogen) atoms. The Balaban J connectivity index is 2.43. The molecule has 0 unspecified atom stereocenters. The number of thioether (sulfide) groups is 1. The molecule has 0 saturated carbocycles. The third kappa shape index (κ3) is 5.19. The van der Waals surface area contributed by atoms with Crippen molar-refractivity contribution < 1.29 is 9.53 Å². The number of ether oxygens (including phenoxy) is 1. The summed E-state index contributed by atoms with van der Waals surface area (Å²) in [6, 6.07) is 1.80. The Morgan fingerprint density at radius 1 is 1.50 bits per heavy atom. The third-order valence-corrected chi connectivity index (χ3v) is 2.49. The first-order valence-corrected chi connectivity index (χ1v) is 6.59. The predicted octanol–water partition coefficient (Wildman–Crippen LogP) is 0.154. The lowest BCUT2D eigenvalue weighted by Crippen LogP contribution is -2.20. The SMILES string of the molecule is CNc1cc(NCCOCC(N)=O)nc(SC)n1. The number of aromatic nitrogens is 2. The van der Waals surface area contributed by atoms with Gasteiger partial charge in [-0.25, -0.2) is 9.97 Å². The van der Waals surface area contributed by atoms with Crippen molar-refractivity contribution >= 4 is 29.3 Å². The van der Waals surface area contributed by atoms with Crippen molar-refractivity contribution in [2.24, 2.45) is 5.73 Å². The maximum Gasteiger partial charge on any atom is 0.243 e. The number of carbonyl (C=O) groups excluding carboxylic acids is 1. The Morgan fingerprint density at radius 2 is 2.22 bits per heavy atom. The fraction of sp³-hybridized carbons (Fsp3) is 0.500. The highest BCUT2D eigenvalue weighted by atomic mass is 32.2. The molecular weight excluding hydrogens is 254 g/mol. The molecule has 0 spiro atoms. The van der Waals surface area contributed by atoms with Gasteiger partial charge >= 0.3 is 0 Å². The van der Waals surface area contributed by atoms with E-state index in [0.717, 1.165) is 5.82 Å². The summed E-state index contributed by atoms with van der Waals surface area (Å²) in [5.74, 6) is 0.982. The van der Waals surface area contributed by atoms with Crippen molar-refractivity contribution in [3.05, 3.63) is 6.07 Å². The second-order valence-electron chi connectivity index (χ2n) is 3.32. The van der Waals surface area contributed by atoms with Crippen molar-refractivity contribution in [2.75, 3.05) is 43.7 Å². The van der Waals surface area contributed by atoms with Gasteiger partial charge in [-0.3, -0.25) is 4.79 Å². The largest absolute Gasteiger partial charge is 0.373 e. The normalized spacial score (nSPS) is 10.1. The molecule has 0 aliphatic rings. The van der Waals surface area contributed by atoms with Crippen LogP contribution in [0.25, 0.3) is 0 Å². The number of hydrogen-bond acceptors (Lipinski definition) is 7. The highest BCUT2D eigenvalue weighted by molar-refractivity contribution is 7.98. The van der Waals surface area contributed by atoms with Gasteiger partial charge in [-0.05, 0) is 6.26 Å². The van der Waals surface area contributed by atoms with Gasteiger partial charge in [0, 0.05) is 19.7 Å². The molecular formula is C10H17N5O2S. The Bertz CT molecular complexity index is 380. The first-order valence-electron chi connectivity index (χ1n) is 5.36. The standard InChI is InChI=1S/C10H17N5O2S/c1-12-8-5-9(15-10(14-8)18-2)13-3-4-17-6-7(11)16/h5H,3-4,6H2,1-2H3,(H2,11,16)(H2,12,13,14,15). The monoisotopic (exact) mass is 271 g/mol. The van der Waals surface area contributed by atoms with Gasteiger partial charge < -0.3 is 21.1 Å². The van der Waals surface area contributed by atoms with Crippen LogP contribution >= 0.6 is 11.8 Å². The fourth-order valence-electron chi connectivity index (χ4n) is 1.16. The molecule has 0 fully saturated rings. The van der Waals surface area contributed by atoms with Gasteiger partial charge in [0.15, 0.2) is 5.16 Å². The van der Waals surface area contributed by atoms with Crippen LogP contribution in [0.1, 0.15) is 0 Å². The molecule has 1 amide bonds. The van der Waals surface area contributed by atoms with E-state index >= 15 is 0 Å². The first kappa shape index (κ1) is 14.5. The molecule has 0 aromatic carbocycles. The van der Waals surface area contributed by atoms with Crippen LogP contribution < -0.4 is 16.4 Å². The summed E-state index contributed by atoms with van der Waals surface area (Å²) in [7, 11) is 1.80. The summed E-state index contributed by atoms with van der Waals surface area (Å²) >= 11 is 1.47. The quantitative estimate of drug-likeness (QED) is 0.351. The first-order chi connectivity index (χ1) is 8.65. The zero-order valence-corrected chi connectivity index (χ0v) is 11.2. The summed E-state index contributed by atoms with van der Waals surface area (Å²) < 4.78 is 5.03. The van der Waals surface area contributed by atoms with Crippen LogP contribution in [-0.2, 0) is 9.53 Å². The number of nitrogens with two attached hydrogens (primary N) is 1. The van der Waals surface area contributed by atoms with Crippen molar-refractivity contribution in [1.82, 2.24) is 9.97 Å². The number of nitrogens with one attached hydrogen (secondary N) is 2. The Labute approximate surface area is 110 Å². The topological polar surface area (TPSA) is 102 Å². The summed E-state index contributed by atoms with van der Waals surface area (Å²) in [5, 5.41) is 6.73. The molecule has 0 radical (unpaired) electrons. The van der Waals surface area contributed by atoms with Crippen molar-refractivity contribution in [2.45, 2.75) is 5.16 Å². The van der Waals surface area contributed by atoms with Crippen LogP contribution in [-0.4, -0.2) is 48.9 Å². The second kappa shape index (κ2) is 7.72. The Morgan fingerprint density at radius 3 is 2.83 bits per heavy atom. The van der Waals surface area contributed by atoms with E-state index in [4.69, 9.17) is 10.5 Å². The molecule has 1 heterocycles. The molecule has 0 saturated heterocycles. The van der Waals surface area contributed by atoms with E-state index in [-0.39, 0.29) is 6.61 Å². The smallest absolute Gasteiger partial charge is 0.243 e. The molecule has 1 aromatic heterocycles. The molecule has 0 aliphatic carbocycles. The maximum absolute atomic E-state index is 10.4. The van der Waals surface area contributed by atoms with Gasteiger partial charge in [0.05, 0.1) is 6.61 Å². The van der Waals surface area contributed by atoms with E-state index in [1.54, 1.807) is 13.1 Å². The Kier molecular flexibility index (Phi) is 6.23. The third-order valence-electron chi connectivity index (χ3n) is 1.94. The summed E-state index contributed by atoms with van der Waals surface area (Å²) in [6.45, 7) is 0.862. The number of primary amides is 1. The number of anilines is 2. The second-order valence-corrected chi connectivity index (χ2v) is 4.09. The van der Waals surface area contributed by atoms with Crippen molar-refractivity contribution in [3.8, 4) is 0 Å². The number of hydrogen-bond donors (Lipinski definition) is 3. The minimum Gasteiger partial charge on any atom is -0.373 e. The highest BCUT2D eigenvalue weighted by Gasteiger charge is 2.02. The van der Waals surface area contributed by atoms with Crippen molar-refractivity contribution in [3.63, 3.8) is 0 Å². The number of nitrogens with zero attached hydrogens (tertiary/aromatic N) is 2. The van der Waals surface area contributed by atoms with Crippen LogP contribution in [0.5, 0.6) is 0 Å². The van der Waals surface area contributed by atoms with Gasteiger partial charge in [-0.2, -0.15) is 0 Å². The number of carbonyl (C=O) groups is 1. The van der Waals surface area contributed by atoms with E-state index in [0.29, 0.717) is 24.1 Å². The molecule has 4 N–H and O–H groups in total. The molecule has 0 aliphatic heterocycles. The lowest BCUT2D eigenvalue weighted by molar-refractivity contribution is -0.122. The lowest BCUT2D eigenvalue weighted by atomic mass is 10.5. The number of rotatable bonds is 8. The van der Waals surface area contributed by atoms with E-state index in [2.05, 4.69) is 20.6 Å². The molecule has 100 valence electrons. The molecule has 8 heteroatoms. The molecule has 1 aromatic rings. The highest BCUT2D eigenvalue weighted by Crippen LogP contribution is 2.16. The summed E-state index contributed by atoms with van der Waals surface area (Å²) in [6.07, 6.45) is 1.91. The van der Waals surface area contributed by atoms with Crippen LogP contribution in [0.3, 0.4) is 0 Å². The number of amides is 1. The molecule has 0 atom stereocenters. The predicted molar refractivity (Wildman–Crippen MR) is 71.9 cm³/mol. The van der Waals surface area contributed by atoms with Crippen LogP contribution in [0.15, 0.2) is 11.2 Å². The van der Waals surface area contributed by atoms with Gasteiger partial charge in [0.1, 0.15) is 18.2 Å². The minimum atomic E-state index is -0.473. The zero-order chi connectivity index (χ0) is 13.4. The summed E-state index contributed by atoms with van der Waals surface area (Å²) in [4.78, 5) is 19.0. The van der Waals surface area contributed by atoms with E-state index in [1.165, 1.54) is 11.8 Å². The maximum atomic E-state index is 10.4. The Hall–Kier alpha value is -1.54. The average Bonchev–Trinajstić information content (AvgIpc) is 2.37. The van der Waals surface area contributed by atoms with E-state index < -0.39 is 5.91 Å². The van der Waals surface area contributed by atoms with Gasteiger partial charge in [0.2, 0.25) is 5.91 Å². The fourth-order valence-corrected chi connectivity index (χ4v) is 1.54. The lowest BCUT2D eigenvalue weighted by Gasteiger charge is -2.08. The van der Waals surface area contributed by atoms with E-state index in [1.807, 2.05) is 6.26 Å².